The van der Waals surface area contributed by atoms with Gasteiger partial charge in [0.05, 0.1) is 8.48 Å². The summed E-state index contributed by atoms with van der Waals surface area (Å²) in [5, 5.41) is 0. The summed E-state index contributed by atoms with van der Waals surface area (Å²) in [4.78, 5) is 7.35. The summed E-state index contributed by atoms with van der Waals surface area (Å²) in [7, 11) is 1.49. The zero-order valence-corrected chi connectivity index (χ0v) is 4.46. The van der Waals surface area contributed by atoms with Crippen molar-refractivity contribution >= 4 is 0 Å². The van der Waals surface area contributed by atoms with Gasteiger partial charge >= 0.3 is 6.01 Å². The molecule has 0 aliphatic carbocycles. The van der Waals surface area contributed by atoms with Crippen LogP contribution in [0.15, 0.2) is 18.4 Å². The van der Waals surface area contributed by atoms with E-state index >= 15 is 0 Å². The van der Waals surface area contributed by atoms with Gasteiger partial charge in [-0.2, -0.15) is 0 Å². The molecule has 1 heterocycles. The van der Waals surface area contributed by atoms with Crippen LogP contribution < -0.4 is 4.74 Å². The number of rotatable bonds is 1. The lowest BCUT2D eigenvalue weighted by molar-refractivity contribution is 0.379. The maximum absolute atomic E-state index is 6.99. The Kier molecular flexibility index (Phi) is 1.08. The second-order valence-corrected chi connectivity index (χ2v) is 1.17. The van der Waals surface area contributed by atoms with Gasteiger partial charge in [-0.05, 0) is 6.04 Å². The van der Waals surface area contributed by atoms with E-state index in [1.54, 1.807) is 0 Å². The Morgan fingerprint density at radius 1 is 1.62 bits per heavy atom. The number of hydrogen-bond acceptors (Lipinski definition) is 3. The van der Waals surface area contributed by atoms with Gasteiger partial charge in [-0.15, -0.1) is 0 Å². The Morgan fingerprint density at radius 2 is 2.25 bits per heavy atom. The number of ether oxygens (including phenoxy) is 1. The van der Waals surface area contributed by atoms with Gasteiger partial charge in [0.15, 0.2) is 0 Å². The molecule has 0 saturated heterocycles. The van der Waals surface area contributed by atoms with Crippen molar-refractivity contribution in [3.63, 3.8) is 0 Å². The van der Waals surface area contributed by atoms with Crippen molar-refractivity contribution in [3.05, 3.63) is 18.4 Å². The van der Waals surface area contributed by atoms with Gasteiger partial charge in [-0.1, -0.05) is 0 Å². The second-order valence-electron chi connectivity index (χ2n) is 1.17. The van der Waals surface area contributed by atoms with Gasteiger partial charge in [-0.3, -0.25) is 0 Å². The molecule has 3 nitrogen and oxygen atoms in total. The molecule has 1 rings (SSSR count). The third-order valence-corrected chi connectivity index (χ3v) is 0.682. The first-order valence-corrected chi connectivity index (χ1v) is 2.15. The Bertz CT molecular complexity index is 187. The van der Waals surface area contributed by atoms with E-state index in [-0.39, 0.29) is 6.04 Å². The zero-order chi connectivity index (χ0) is 6.69. The summed E-state index contributed by atoms with van der Waals surface area (Å²) in [6.07, 6.45) is 2.76. The summed E-state index contributed by atoms with van der Waals surface area (Å²) in [5.74, 6) is 0. The fourth-order valence-corrected chi connectivity index (χ4v) is 0.357. The van der Waals surface area contributed by atoms with Crippen LogP contribution in [0.25, 0.3) is 0 Å². The minimum absolute atomic E-state index is 0.288. The normalized spacial score (nSPS) is 10.4. The van der Waals surface area contributed by atoms with Crippen molar-refractivity contribution in [2.75, 3.05) is 7.11 Å². The largest absolute Gasteiger partial charge is 0.467 e. The average Bonchev–Trinajstić information content (AvgIpc) is 1.90. The summed E-state index contributed by atoms with van der Waals surface area (Å²) < 4.78 is 11.6. The molecule has 0 aromatic carbocycles. The fourth-order valence-electron chi connectivity index (χ4n) is 0.357. The molecule has 0 radical (unpaired) electrons. The van der Waals surface area contributed by atoms with Gasteiger partial charge in [0, 0.05) is 12.4 Å². The highest BCUT2D eigenvalue weighted by Crippen LogP contribution is 1.92. The molecule has 0 amide bonds. The first-order chi connectivity index (χ1) is 4.33. The molecule has 8 heavy (non-hydrogen) atoms. The number of hydrogen-bond donors (Lipinski definition) is 0. The van der Waals surface area contributed by atoms with Crippen molar-refractivity contribution < 1.29 is 6.11 Å². The third-order valence-electron chi connectivity index (χ3n) is 0.682. The van der Waals surface area contributed by atoms with E-state index in [1.807, 2.05) is 0 Å². The van der Waals surface area contributed by atoms with Crippen molar-refractivity contribution in [1.82, 2.24) is 9.97 Å². The molecule has 0 fully saturated rings. The summed E-state index contributed by atoms with van der Waals surface area (Å²) in [6.45, 7) is 0. The molecule has 0 N–H and O–H groups in total. The molecule has 0 bridgehead atoms. The van der Waals surface area contributed by atoms with Crippen molar-refractivity contribution in [2.24, 2.45) is 0 Å². The van der Waals surface area contributed by atoms with Crippen LogP contribution in [0.4, 0.5) is 0 Å². The molecule has 0 aliphatic heterocycles. The molecule has 3 heteroatoms. The minimum Gasteiger partial charge on any atom is -0.467 e. The smallest absolute Gasteiger partial charge is 0.315 e. The van der Waals surface area contributed by atoms with E-state index in [4.69, 9.17) is 1.37 Å². The van der Waals surface area contributed by atoms with Gasteiger partial charge in [0.1, 0.15) is 0 Å². The molecule has 0 unspecified atom stereocenters. The van der Waals surface area contributed by atoms with Crippen molar-refractivity contribution in [3.8, 4) is 6.01 Å². The number of methoxy groups -OCH3 is 1. The number of aromatic nitrogens is 2. The van der Waals surface area contributed by atoms with Crippen LogP contribution in [-0.2, 0) is 0 Å². The monoisotopic (exact) mass is 111 g/mol. The Labute approximate surface area is 48.8 Å². The molecular weight excluding hydrogens is 104 g/mol. The highest BCUT2D eigenvalue weighted by atomic mass is 16.5. The zero-order valence-electron chi connectivity index (χ0n) is 5.46. The molecule has 42 valence electrons. The highest BCUT2D eigenvalue weighted by Gasteiger charge is 1.84. The molecule has 0 spiro atoms. The van der Waals surface area contributed by atoms with Crippen LogP contribution in [0.3, 0.4) is 0 Å². The predicted molar refractivity (Wildman–Crippen MR) is 28.6 cm³/mol. The first kappa shape index (κ1) is 3.83. The Balaban J connectivity index is 2.88. The van der Waals surface area contributed by atoms with Crippen LogP contribution in [0.1, 0.15) is 1.37 Å². The van der Waals surface area contributed by atoms with E-state index < -0.39 is 0 Å². The van der Waals surface area contributed by atoms with Crippen LogP contribution >= 0.6 is 0 Å². The molecule has 0 aliphatic rings. The first-order valence-electron chi connectivity index (χ1n) is 2.65. The number of nitrogens with zero attached hydrogens (tertiary/aromatic N) is 2. The quantitative estimate of drug-likeness (QED) is 0.528. The average molecular weight is 111 g/mol. The van der Waals surface area contributed by atoms with Crippen LogP contribution in [0, 0.1) is 0 Å². The topological polar surface area (TPSA) is 35.0 Å². The molecule has 0 atom stereocenters. The lowest BCUT2D eigenvalue weighted by Gasteiger charge is -1.90. The lowest BCUT2D eigenvalue weighted by atomic mass is 10.7. The maximum atomic E-state index is 6.99. The van der Waals surface area contributed by atoms with Crippen molar-refractivity contribution in [2.45, 2.75) is 0 Å². The molecule has 1 aromatic heterocycles. The van der Waals surface area contributed by atoms with Gasteiger partial charge in [0.2, 0.25) is 0 Å². The second kappa shape index (κ2) is 2.26. The third kappa shape index (κ3) is 0.932. The summed E-state index contributed by atoms with van der Waals surface area (Å²) in [5.41, 5.74) is 0. The van der Waals surface area contributed by atoms with Gasteiger partial charge in [0.25, 0.3) is 0 Å². The fraction of sp³-hybridized carbons (Fsp3) is 0.200. The molecule has 1 aromatic rings. The maximum Gasteiger partial charge on any atom is 0.315 e. The van der Waals surface area contributed by atoms with E-state index in [0.717, 1.165) is 0 Å². The van der Waals surface area contributed by atoms with E-state index in [1.165, 1.54) is 19.5 Å². The molecule has 0 saturated carbocycles. The summed E-state index contributed by atoms with van der Waals surface area (Å²) >= 11 is 0. The van der Waals surface area contributed by atoms with Crippen LogP contribution in [0.5, 0.6) is 6.01 Å². The van der Waals surface area contributed by atoms with Gasteiger partial charge in [-0.25, -0.2) is 9.97 Å². The van der Waals surface area contributed by atoms with E-state index in [9.17, 15) is 0 Å². The Morgan fingerprint density at radius 3 is 2.75 bits per heavy atom. The SMILES string of the molecule is [2H]c1cnc(OC)nc1. The summed E-state index contributed by atoms with van der Waals surface area (Å²) in [6, 6.07) is 0.585. The minimum atomic E-state index is 0.288. The lowest BCUT2D eigenvalue weighted by Crippen LogP contribution is -1.87. The Hall–Kier alpha value is -1.12. The standard InChI is InChI=1S/C5H6N2O/c1-8-5-6-3-2-4-7-5/h2-4H,1H3/i2D. The van der Waals surface area contributed by atoms with E-state index in [2.05, 4.69) is 14.7 Å². The molecular formula is C5H6N2O. The predicted octanol–water partition coefficient (Wildman–Crippen LogP) is 0.485. The van der Waals surface area contributed by atoms with E-state index in [0.29, 0.717) is 6.01 Å². The van der Waals surface area contributed by atoms with Crippen LogP contribution in [-0.4, -0.2) is 17.1 Å². The van der Waals surface area contributed by atoms with Crippen molar-refractivity contribution in [1.29, 1.82) is 0 Å². The highest BCUT2D eigenvalue weighted by molar-refractivity contribution is 4.92. The van der Waals surface area contributed by atoms with Crippen LogP contribution in [0.2, 0.25) is 0 Å². The van der Waals surface area contributed by atoms with Gasteiger partial charge < -0.3 is 4.74 Å².